The van der Waals surface area contributed by atoms with E-state index in [1.54, 1.807) is 0 Å². The fraction of sp³-hybridized carbons (Fsp3) is 0.588. The van der Waals surface area contributed by atoms with Crippen molar-refractivity contribution in [3.05, 3.63) is 23.8 Å². The minimum absolute atomic E-state index is 0. The van der Waals surface area contributed by atoms with Gasteiger partial charge in [0.2, 0.25) is 5.91 Å². The average molecular weight is 327 g/mol. The molecule has 3 N–H and O–H groups in total. The molecule has 1 amide bonds. The Morgan fingerprint density at radius 2 is 2.18 bits per heavy atom. The Morgan fingerprint density at radius 3 is 2.86 bits per heavy atom. The second-order valence-electron chi connectivity index (χ2n) is 5.87. The molecule has 1 aliphatic carbocycles. The van der Waals surface area contributed by atoms with Gasteiger partial charge in [0.05, 0.1) is 12.3 Å². The van der Waals surface area contributed by atoms with E-state index in [9.17, 15) is 4.79 Å². The topological polar surface area (TPSA) is 64.3 Å². The number of hydrogen-bond donors (Lipinski definition) is 2. The summed E-state index contributed by atoms with van der Waals surface area (Å²) in [5, 5.41) is 3.03. The van der Waals surface area contributed by atoms with Crippen LogP contribution in [0.25, 0.3) is 0 Å². The molecule has 0 heterocycles. The summed E-state index contributed by atoms with van der Waals surface area (Å²) in [6.45, 7) is 5.33. The Labute approximate surface area is 139 Å². The molecule has 0 spiro atoms. The summed E-state index contributed by atoms with van der Waals surface area (Å²) >= 11 is 0. The molecule has 1 fully saturated rings. The van der Waals surface area contributed by atoms with E-state index < -0.39 is 0 Å². The third-order valence-corrected chi connectivity index (χ3v) is 4.16. The van der Waals surface area contributed by atoms with Crippen LogP contribution in [0.4, 0.5) is 5.69 Å². The third-order valence-electron chi connectivity index (χ3n) is 4.16. The average Bonchev–Trinajstić information content (AvgIpc) is 2.96. The molecule has 4 nitrogen and oxygen atoms in total. The van der Waals surface area contributed by atoms with Crippen LogP contribution < -0.4 is 15.8 Å². The molecule has 5 heteroatoms. The Hall–Kier alpha value is -1.26. The summed E-state index contributed by atoms with van der Waals surface area (Å²) in [6, 6.07) is 5.88. The summed E-state index contributed by atoms with van der Waals surface area (Å²) in [7, 11) is 0. The Morgan fingerprint density at radius 1 is 1.41 bits per heavy atom. The van der Waals surface area contributed by atoms with Crippen LogP contribution >= 0.6 is 12.4 Å². The van der Waals surface area contributed by atoms with Gasteiger partial charge in [-0.2, -0.15) is 0 Å². The molecule has 2 atom stereocenters. The van der Waals surface area contributed by atoms with Crippen molar-refractivity contribution in [1.29, 1.82) is 0 Å². The number of anilines is 1. The van der Waals surface area contributed by atoms with E-state index in [2.05, 4.69) is 12.2 Å². The van der Waals surface area contributed by atoms with Gasteiger partial charge in [-0.3, -0.25) is 4.79 Å². The highest BCUT2D eigenvalue weighted by Crippen LogP contribution is 2.33. The first-order valence-corrected chi connectivity index (χ1v) is 7.90. The van der Waals surface area contributed by atoms with E-state index in [-0.39, 0.29) is 24.2 Å². The summed E-state index contributed by atoms with van der Waals surface area (Å²) in [5.41, 5.74) is 7.66. The molecule has 1 aliphatic rings. The molecule has 1 saturated carbocycles. The van der Waals surface area contributed by atoms with Gasteiger partial charge >= 0.3 is 0 Å². The molecule has 0 saturated heterocycles. The van der Waals surface area contributed by atoms with Gasteiger partial charge in [-0.15, -0.1) is 12.4 Å². The normalized spacial score (nSPS) is 20.3. The molecular weight excluding hydrogens is 300 g/mol. The lowest BCUT2D eigenvalue weighted by atomic mass is 9.95. The minimum atomic E-state index is 0. The molecule has 0 unspecified atom stereocenters. The smallest absolute Gasteiger partial charge is 0.227 e. The minimum Gasteiger partial charge on any atom is -0.491 e. The van der Waals surface area contributed by atoms with E-state index in [0.717, 1.165) is 42.7 Å². The SMILES string of the molecule is CCCOc1cc(C)ccc1NC(=O)[C@@H]1CCC[C@@H]1CN.Cl. The highest BCUT2D eigenvalue weighted by molar-refractivity contribution is 5.94. The fourth-order valence-electron chi connectivity index (χ4n) is 2.95. The van der Waals surface area contributed by atoms with Crippen LogP contribution in [0.15, 0.2) is 18.2 Å². The van der Waals surface area contributed by atoms with Gasteiger partial charge in [0, 0.05) is 5.92 Å². The lowest BCUT2D eigenvalue weighted by Crippen LogP contribution is -2.29. The van der Waals surface area contributed by atoms with Crippen molar-refractivity contribution >= 4 is 24.0 Å². The maximum Gasteiger partial charge on any atom is 0.227 e. The molecule has 124 valence electrons. The van der Waals surface area contributed by atoms with Gasteiger partial charge < -0.3 is 15.8 Å². The first-order valence-electron chi connectivity index (χ1n) is 7.90. The van der Waals surface area contributed by atoms with E-state index in [0.29, 0.717) is 19.1 Å². The zero-order valence-corrected chi connectivity index (χ0v) is 14.2. The van der Waals surface area contributed by atoms with Crippen molar-refractivity contribution in [3.8, 4) is 5.75 Å². The predicted molar refractivity (Wildman–Crippen MR) is 92.7 cm³/mol. The zero-order chi connectivity index (χ0) is 15.2. The van der Waals surface area contributed by atoms with E-state index >= 15 is 0 Å². The lowest BCUT2D eigenvalue weighted by molar-refractivity contribution is -0.120. The van der Waals surface area contributed by atoms with Crippen molar-refractivity contribution in [2.24, 2.45) is 17.6 Å². The van der Waals surface area contributed by atoms with Gasteiger partial charge in [-0.05, 0) is 56.3 Å². The maximum absolute atomic E-state index is 12.5. The molecule has 0 aliphatic heterocycles. The van der Waals surface area contributed by atoms with Crippen LogP contribution in [0.3, 0.4) is 0 Å². The number of halogens is 1. The molecule has 22 heavy (non-hydrogen) atoms. The highest BCUT2D eigenvalue weighted by Gasteiger charge is 2.32. The number of carbonyl (C=O) groups excluding carboxylic acids is 1. The predicted octanol–water partition coefficient (Wildman–Crippen LogP) is 3.52. The van der Waals surface area contributed by atoms with Crippen LogP contribution in [0.5, 0.6) is 5.75 Å². The van der Waals surface area contributed by atoms with Crippen molar-refractivity contribution < 1.29 is 9.53 Å². The summed E-state index contributed by atoms with van der Waals surface area (Å²) in [5.74, 6) is 1.19. The largest absolute Gasteiger partial charge is 0.491 e. The molecule has 1 aromatic rings. The van der Waals surface area contributed by atoms with Crippen molar-refractivity contribution in [3.63, 3.8) is 0 Å². The molecule has 0 radical (unpaired) electrons. The third kappa shape index (κ3) is 4.62. The molecule has 1 aromatic carbocycles. The van der Waals surface area contributed by atoms with Gasteiger partial charge in [-0.1, -0.05) is 19.4 Å². The van der Waals surface area contributed by atoms with Crippen molar-refractivity contribution in [2.45, 2.75) is 39.5 Å². The first-order chi connectivity index (χ1) is 10.2. The summed E-state index contributed by atoms with van der Waals surface area (Å²) < 4.78 is 5.74. The summed E-state index contributed by atoms with van der Waals surface area (Å²) in [6.07, 6.45) is 4.03. The number of carbonyl (C=O) groups is 1. The standard InChI is InChI=1S/C17H26N2O2.ClH/c1-3-9-21-16-10-12(2)7-8-15(16)19-17(20)14-6-4-5-13(14)11-18;/h7-8,10,13-14H,3-6,9,11,18H2,1-2H3,(H,19,20);1H/t13-,14-;/m1./s1. The number of nitrogens with two attached hydrogens (primary N) is 1. The molecule has 0 aromatic heterocycles. The van der Waals surface area contributed by atoms with Gasteiger partial charge in [-0.25, -0.2) is 0 Å². The summed E-state index contributed by atoms with van der Waals surface area (Å²) in [4.78, 5) is 12.5. The number of aryl methyl sites for hydroxylation is 1. The molecule has 2 rings (SSSR count). The van der Waals surface area contributed by atoms with Crippen molar-refractivity contribution in [1.82, 2.24) is 0 Å². The van der Waals surface area contributed by atoms with Crippen LogP contribution in [0, 0.1) is 18.8 Å². The fourth-order valence-corrected chi connectivity index (χ4v) is 2.95. The van der Waals surface area contributed by atoms with Gasteiger partial charge in [0.25, 0.3) is 0 Å². The second kappa shape index (κ2) is 9.01. The Balaban J connectivity index is 0.00000242. The lowest BCUT2D eigenvalue weighted by Gasteiger charge is -2.19. The Bertz CT molecular complexity index is 494. The number of rotatable bonds is 6. The molecule has 0 bridgehead atoms. The van der Waals surface area contributed by atoms with Crippen LogP contribution in [-0.4, -0.2) is 19.1 Å². The molecular formula is C17H27ClN2O2. The van der Waals surface area contributed by atoms with Crippen molar-refractivity contribution in [2.75, 3.05) is 18.5 Å². The second-order valence-corrected chi connectivity index (χ2v) is 5.87. The number of ether oxygens (including phenoxy) is 1. The quantitative estimate of drug-likeness (QED) is 0.840. The maximum atomic E-state index is 12.5. The van der Waals surface area contributed by atoms with Gasteiger partial charge in [0.1, 0.15) is 5.75 Å². The Kier molecular flexibility index (Phi) is 7.69. The number of nitrogens with one attached hydrogen (secondary N) is 1. The van der Waals surface area contributed by atoms with Crippen LogP contribution in [-0.2, 0) is 4.79 Å². The zero-order valence-electron chi connectivity index (χ0n) is 13.4. The van der Waals surface area contributed by atoms with E-state index in [1.165, 1.54) is 0 Å². The number of benzene rings is 1. The van der Waals surface area contributed by atoms with Crippen LogP contribution in [0.2, 0.25) is 0 Å². The number of amides is 1. The van der Waals surface area contributed by atoms with E-state index in [1.807, 2.05) is 25.1 Å². The van der Waals surface area contributed by atoms with Crippen LogP contribution in [0.1, 0.15) is 38.2 Å². The first kappa shape index (κ1) is 18.8. The van der Waals surface area contributed by atoms with Gasteiger partial charge in [0.15, 0.2) is 0 Å². The number of hydrogen-bond acceptors (Lipinski definition) is 3. The van der Waals surface area contributed by atoms with E-state index in [4.69, 9.17) is 10.5 Å². The monoisotopic (exact) mass is 326 g/mol. The highest BCUT2D eigenvalue weighted by atomic mass is 35.5.